The highest BCUT2D eigenvalue weighted by Crippen LogP contribution is 2.70. The highest BCUT2D eigenvalue weighted by atomic mass is 32.3. The predicted molar refractivity (Wildman–Crippen MR) is 203 cm³/mol. The second-order valence-corrected chi connectivity index (χ2v) is 17.6. The Labute approximate surface area is 308 Å². The first-order valence-electron chi connectivity index (χ1n) is 16.8. The lowest BCUT2D eigenvalue weighted by molar-refractivity contribution is 0.131. The third kappa shape index (κ3) is 8.82. The van der Waals surface area contributed by atoms with Gasteiger partial charge in [0.25, 0.3) is 0 Å². The highest BCUT2D eigenvalue weighted by molar-refractivity contribution is 8.33. The van der Waals surface area contributed by atoms with Gasteiger partial charge in [-0.1, -0.05) is 29.8 Å². The summed E-state index contributed by atoms with van der Waals surface area (Å²) in [6, 6.07) is 38.8. The van der Waals surface area contributed by atoms with Crippen molar-refractivity contribution in [1.82, 2.24) is 9.97 Å². The molecule has 6 rings (SSSR count). The van der Waals surface area contributed by atoms with Crippen LogP contribution in [0.3, 0.4) is 0 Å². The van der Waals surface area contributed by atoms with Crippen LogP contribution in [0.15, 0.2) is 159 Å². The molecule has 268 valence electrons. The molecule has 0 aliphatic rings. The maximum atomic E-state index is 14.5. The van der Waals surface area contributed by atoms with Crippen molar-refractivity contribution in [2.24, 2.45) is 0 Å². The number of nitrogens with zero attached hydrogens (tertiary/aromatic N) is 2. The van der Waals surface area contributed by atoms with Gasteiger partial charge in [0.05, 0.1) is 16.3 Å². The number of aromatic nitrogens is 2. The van der Waals surface area contributed by atoms with E-state index < -0.39 is 26.0 Å². The average molecular weight is 735 g/mol. The number of ether oxygens (including phenoxy) is 3. The molecular weight excluding hydrogens is 693 g/mol. The third-order valence-corrected chi connectivity index (χ3v) is 13.2. The zero-order chi connectivity index (χ0) is 36.8. The number of hydrogen-bond acceptors (Lipinski definition) is 8. The van der Waals surface area contributed by atoms with E-state index in [2.05, 4.69) is 9.97 Å². The molecule has 0 fully saturated rings. The minimum Gasteiger partial charge on any atom is -0.488 e. The van der Waals surface area contributed by atoms with Crippen molar-refractivity contribution in [3.8, 4) is 17.2 Å². The molecule has 0 unspecified atom stereocenters. The van der Waals surface area contributed by atoms with E-state index in [0.717, 1.165) is 17.0 Å². The number of pyridine rings is 2. The van der Waals surface area contributed by atoms with E-state index in [1.807, 2.05) is 143 Å². The van der Waals surface area contributed by atoms with Gasteiger partial charge in [0, 0.05) is 27.1 Å². The maximum Gasteiger partial charge on any atom is 0.307 e. The van der Waals surface area contributed by atoms with Gasteiger partial charge in [0.1, 0.15) is 36.1 Å². The summed E-state index contributed by atoms with van der Waals surface area (Å²) in [5.41, 5.74) is 2.70. The molecule has 0 N–H and O–H groups in total. The molecule has 2 aromatic heterocycles. The highest BCUT2D eigenvalue weighted by Gasteiger charge is 2.39. The fourth-order valence-corrected chi connectivity index (χ4v) is 10.9. The summed E-state index contributed by atoms with van der Waals surface area (Å²) in [5.74, 6) is 1.86. The number of rotatable bonds is 13. The molecule has 0 atom stereocenters. The van der Waals surface area contributed by atoms with Crippen LogP contribution in [0.5, 0.6) is 17.2 Å². The van der Waals surface area contributed by atoms with Crippen LogP contribution >= 0.6 is 10.3 Å². The van der Waals surface area contributed by atoms with Gasteiger partial charge in [0.15, 0.2) is 0 Å². The summed E-state index contributed by atoms with van der Waals surface area (Å²) in [5, 5.41) is 0. The molecule has 0 spiro atoms. The summed E-state index contributed by atoms with van der Waals surface area (Å²) in [4.78, 5) is 10.8. The third-order valence-electron chi connectivity index (χ3n) is 7.91. The van der Waals surface area contributed by atoms with Crippen molar-refractivity contribution in [3.63, 3.8) is 0 Å². The van der Waals surface area contributed by atoms with Gasteiger partial charge in [-0.25, -0.2) is 3.63 Å². The zero-order valence-corrected chi connectivity index (χ0v) is 31.5. The second-order valence-electron chi connectivity index (χ2n) is 13.2. The van der Waals surface area contributed by atoms with E-state index in [4.69, 9.17) is 17.8 Å². The van der Waals surface area contributed by atoms with Crippen LogP contribution in [0.2, 0.25) is 0 Å². The average Bonchev–Trinajstić information content (AvgIpc) is 3.13. The van der Waals surface area contributed by atoms with Crippen LogP contribution in [0.4, 0.5) is 0 Å². The number of hydrogen-bond donors (Lipinski definition) is 0. The lowest BCUT2D eigenvalue weighted by Crippen LogP contribution is -2.22. The van der Waals surface area contributed by atoms with Crippen molar-refractivity contribution in [2.45, 2.75) is 73.0 Å². The Bertz CT molecular complexity index is 2100. The SMILES string of the molecule is Cc1ccc(S(=O)(=O)OS(c2ccc(OCc3ccccn3)cc2)(c2ccc(OCc3ccccn3)cc2)c2ccc(OC(C)(C)C)cc2)c(C)c1. The van der Waals surface area contributed by atoms with Crippen molar-refractivity contribution < 1.29 is 26.3 Å². The molecule has 2 heterocycles. The Morgan fingerprint density at radius 2 is 1.04 bits per heavy atom. The molecule has 0 aliphatic heterocycles. The molecule has 52 heavy (non-hydrogen) atoms. The predicted octanol–water partition coefficient (Wildman–Crippen LogP) is 10.0. The molecule has 0 bridgehead atoms. The summed E-state index contributed by atoms with van der Waals surface area (Å²) >= 11 is 0. The first-order chi connectivity index (χ1) is 24.9. The van der Waals surface area contributed by atoms with E-state index in [-0.39, 0.29) is 18.1 Å². The normalized spacial score (nSPS) is 12.2. The van der Waals surface area contributed by atoms with Crippen molar-refractivity contribution in [1.29, 1.82) is 0 Å². The van der Waals surface area contributed by atoms with Crippen LogP contribution in [-0.4, -0.2) is 24.0 Å². The van der Waals surface area contributed by atoms with Gasteiger partial charge in [-0.05, 0) is 154 Å². The van der Waals surface area contributed by atoms with Gasteiger partial charge in [-0.15, -0.1) is 0 Å². The lowest BCUT2D eigenvalue weighted by atomic mass is 10.2. The summed E-state index contributed by atoms with van der Waals surface area (Å²) in [6.07, 6.45) is 3.44. The summed E-state index contributed by atoms with van der Waals surface area (Å²) < 4.78 is 54.0. The van der Waals surface area contributed by atoms with E-state index >= 15 is 0 Å². The van der Waals surface area contributed by atoms with Gasteiger partial charge in [-0.3, -0.25) is 9.97 Å². The lowest BCUT2D eigenvalue weighted by Gasteiger charge is -2.39. The fraction of sp³-hybridized carbons (Fsp3) is 0.190. The molecule has 0 aliphatic carbocycles. The van der Waals surface area contributed by atoms with Crippen LogP contribution in [0, 0.1) is 13.8 Å². The Morgan fingerprint density at radius 1 is 0.577 bits per heavy atom. The molecule has 4 aromatic carbocycles. The largest absolute Gasteiger partial charge is 0.488 e. The molecular formula is C42H42N2O6S2. The number of benzene rings is 4. The quantitative estimate of drug-likeness (QED) is 0.116. The molecule has 8 nitrogen and oxygen atoms in total. The van der Waals surface area contributed by atoms with Crippen LogP contribution in [0.1, 0.15) is 43.3 Å². The topological polar surface area (TPSA) is 96.8 Å². The minimum absolute atomic E-state index is 0.105. The van der Waals surface area contributed by atoms with Crippen molar-refractivity contribution in [3.05, 3.63) is 162 Å². The smallest absolute Gasteiger partial charge is 0.307 e. The minimum atomic E-state index is -4.33. The molecule has 0 saturated carbocycles. The summed E-state index contributed by atoms with van der Waals surface area (Å²) in [6.45, 7) is 10.2. The molecule has 0 saturated heterocycles. The number of aryl methyl sites for hydroxylation is 2. The monoisotopic (exact) mass is 734 g/mol. The molecule has 6 aromatic rings. The van der Waals surface area contributed by atoms with Gasteiger partial charge in [-0.2, -0.15) is 8.42 Å². The van der Waals surface area contributed by atoms with E-state index in [1.165, 1.54) is 0 Å². The van der Waals surface area contributed by atoms with E-state index in [1.54, 1.807) is 31.5 Å². The van der Waals surface area contributed by atoms with Crippen LogP contribution < -0.4 is 14.2 Å². The Kier molecular flexibility index (Phi) is 11.0. The molecule has 0 amide bonds. The Hall–Kier alpha value is -5.16. The molecule has 10 heteroatoms. The van der Waals surface area contributed by atoms with Crippen molar-refractivity contribution in [2.75, 3.05) is 0 Å². The Morgan fingerprint density at radius 3 is 1.44 bits per heavy atom. The fourth-order valence-electron chi connectivity index (χ4n) is 5.57. The van der Waals surface area contributed by atoms with Crippen LogP contribution in [0.25, 0.3) is 0 Å². The molecule has 0 radical (unpaired) electrons. The second kappa shape index (κ2) is 15.6. The van der Waals surface area contributed by atoms with E-state index in [9.17, 15) is 8.42 Å². The maximum absolute atomic E-state index is 14.5. The van der Waals surface area contributed by atoms with Crippen LogP contribution in [-0.2, 0) is 27.0 Å². The van der Waals surface area contributed by atoms with Gasteiger partial charge >= 0.3 is 10.1 Å². The first kappa shape index (κ1) is 36.6. The zero-order valence-electron chi connectivity index (χ0n) is 29.9. The standard InChI is InChI=1S/C42H42N2O6S2/c1-31-12-25-41(32(2)28-31)52(45,46)50-51(40-23-17-37(18-24-40)49-42(3,4)5,38-19-13-35(14-20-38)47-29-33-10-6-8-26-43-33)39-21-15-36(16-22-39)48-30-34-11-7-9-27-44-34/h6-28H,29-30H2,1-5H3. The van der Waals surface area contributed by atoms with Crippen molar-refractivity contribution >= 4 is 20.4 Å². The Balaban J connectivity index is 1.47. The van der Waals surface area contributed by atoms with E-state index in [0.29, 0.717) is 37.5 Å². The van der Waals surface area contributed by atoms with Gasteiger partial charge in [0.2, 0.25) is 0 Å². The summed E-state index contributed by atoms with van der Waals surface area (Å²) in [7, 11) is -7.31. The van der Waals surface area contributed by atoms with Gasteiger partial charge < -0.3 is 14.2 Å². The first-order valence-corrected chi connectivity index (χ1v) is 19.8.